The van der Waals surface area contributed by atoms with Crippen LogP contribution in [0.15, 0.2) is 24.3 Å². The van der Waals surface area contributed by atoms with Crippen LogP contribution < -0.4 is 10.1 Å². The van der Waals surface area contributed by atoms with Gasteiger partial charge in [0, 0.05) is 37.0 Å². The number of nitrogens with one attached hydrogen (secondary N) is 1. The number of nitrogens with zero attached hydrogens (tertiary/aromatic N) is 1. The van der Waals surface area contributed by atoms with Gasteiger partial charge in [-0.05, 0) is 43.5 Å². The molecule has 0 aliphatic carbocycles. The Kier molecular flexibility index (Phi) is 6.71. The molecule has 0 radical (unpaired) electrons. The molecule has 5 nitrogen and oxygen atoms in total. The molecule has 2 rings (SSSR count). The number of piperidine rings is 1. The second-order valence-electron chi connectivity index (χ2n) is 5.66. The average molecular weight is 339 g/mol. The molecule has 2 amide bonds. The fraction of sp³-hybridized carbons (Fsp3) is 0.529. The van der Waals surface area contributed by atoms with E-state index in [0.29, 0.717) is 37.4 Å². The van der Waals surface area contributed by atoms with Gasteiger partial charge in [-0.25, -0.2) is 0 Å². The number of likely N-dealkylation sites (tertiary alicyclic amines) is 1. The topological polar surface area (TPSA) is 58.6 Å². The molecule has 1 fully saturated rings. The second-order valence-corrected chi connectivity index (χ2v) is 6.03. The van der Waals surface area contributed by atoms with Gasteiger partial charge in [0.15, 0.2) is 0 Å². The highest BCUT2D eigenvalue weighted by Crippen LogP contribution is 2.17. The highest BCUT2D eigenvalue weighted by molar-refractivity contribution is 6.17. The van der Waals surface area contributed by atoms with Crippen molar-refractivity contribution in [1.82, 2.24) is 10.2 Å². The molecule has 0 aromatic heterocycles. The molecular weight excluding hydrogens is 316 g/mol. The third-order valence-electron chi connectivity index (χ3n) is 4.02. The lowest BCUT2D eigenvalue weighted by Crippen LogP contribution is -2.46. The van der Waals surface area contributed by atoms with Crippen molar-refractivity contribution < 1.29 is 14.3 Å². The second kappa shape index (κ2) is 8.77. The minimum atomic E-state index is 0.0274. The molecule has 1 aliphatic heterocycles. The molecule has 1 aromatic rings. The van der Waals surface area contributed by atoms with E-state index in [1.807, 2.05) is 4.90 Å². The highest BCUT2D eigenvalue weighted by atomic mass is 35.5. The van der Waals surface area contributed by atoms with E-state index in [0.717, 1.165) is 18.6 Å². The van der Waals surface area contributed by atoms with Crippen LogP contribution in [0.2, 0.25) is 0 Å². The summed E-state index contributed by atoms with van der Waals surface area (Å²) in [5.74, 6) is 1.31. The fourth-order valence-electron chi connectivity index (χ4n) is 2.67. The van der Waals surface area contributed by atoms with E-state index in [-0.39, 0.29) is 17.9 Å². The van der Waals surface area contributed by atoms with Crippen molar-refractivity contribution in [3.05, 3.63) is 29.8 Å². The summed E-state index contributed by atoms with van der Waals surface area (Å²) in [5, 5.41) is 3.02. The maximum absolute atomic E-state index is 12.5. The summed E-state index contributed by atoms with van der Waals surface area (Å²) in [6.45, 7) is 1.32. The zero-order valence-corrected chi connectivity index (χ0v) is 14.1. The number of rotatable bonds is 6. The number of halogens is 1. The molecule has 1 aromatic carbocycles. The molecule has 0 atom stereocenters. The molecule has 126 valence electrons. The number of carbonyl (C=O) groups is 2. The summed E-state index contributed by atoms with van der Waals surface area (Å²) in [6, 6.07) is 7.29. The quantitative estimate of drug-likeness (QED) is 0.810. The molecule has 0 spiro atoms. The number of benzene rings is 1. The van der Waals surface area contributed by atoms with E-state index >= 15 is 0 Å². The standard InChI is InChI=1S/C17H23ClN2O3/c1-23-15-6-4-13(5-7-15)17(22)20-11-8-14(9-12-20)19-16(21)3-2-10-18/h4-7,14H,2-3,8-12H2,1H3,(H,19,21). The highest BCUT2D eigenvalue weighted by Gasteiger charge is 2.24. The Hall–Kier alpha value is -1.75. The Morgan fingerprint density at radius 3 is 2.48 bits per heavy atom. The van der Waals surface area contributed by atoms with Crippen molar-refractivity contribution in [1.29, 1.82) is 0 Å². The molecule has 6 heteroatoms. The number of carbonyl (C=O) groups excluding carboxylic acids is 2. The number of alkyl halides is 1. The van der Waals surface area contributed by atoms with E-state index < -0.39 is 0 Å². The van der Waals surface area contributed by atoms with Crippen molar-refractivity contribution in [2.24, 2.45) is 0 Å². The number of hydrogen-bond donors (Lipinski definition) is 1. The normalized spacial score (nSPS) is 15.3. The Morgan fingerprint density at radius 1 is 1.26 bits per heavy atom. The molecule has 1 aliphatic rings. The maximum atomic E-state index is 12.5. The molecule has 0 bridgehead atoms. The van der Waals surface area contributed by atoms with Gasteiger partial charge in [0.1, 0.15) is 5.75 Å². The third kappa shape index (κ3) is 5.13. The van der Waals surface area contributed by atoms with Gasteiger partial charge >= 0.3 is 0 Å². The lowest BCUT2D eigenvalue weighted by molar-refractivity contribution is -0.122. The van der Waals surface area contributed by atoms with Gasteiger partial charge in [-0.3, -0.25) is 9.59 Å². The molecule has 1 heterocycles. The van der Waals surface area contributed by atoms with Crippen molar-refractivity contribution in [3.63, 3.8) is 0 Å². The first-order valence-corrected chi connectivity index (χ1v) is 8.46. The monoisotopic (exact) mass is 338 g/mol. The predicted octanol–water partition coefficient (Wildman–Crippen LogP) is 2.44. The summed E-state index contributed by atoms with van der Waals surface area (Å²) in [7, 11) is 1.60. The van der Waals surface area contributed by atoms with Crippen LogP contribution in [0.4, 0.5) is 0 Å². The van der Waals surface area contributed by atoms with Crippen molar-refractivity contribution in [2.75, 3.05) is 26.1 Å². The van der Waals surface area contributed by atoms with E-state index in [2.05, 4.69) is 5.32 Å². The summed E-state index contributed by atoms with van der Waals surface area (Å²) < 4.78 is 5.10. The Labute approximate surface area is 141 Å². The van der Waals surface area contributed by atoms with E-state index in [4.69, 9.17) is 16.3 Å². The smallest absolute Gasteiger partial charge is 0.253 e. The van der Waals surface area contributed by atoms with Gasteiger partial charge in [0.25, 0.3) is 5.91 Å². The van der Waals surface area contributed by atoms with E-state index in [9.17, 15) is 9.59 Å². The largest absolute Gasteiger partial charge is 0.497 e. The first-order chi connectivity index (χ1) is 11.1. The van der Waals surface area contributed by atoms with Gasteiger partial charge in [-0.2, -0.15) is 0 Å². The summed E-state index contributed by atoms with van der Waals surface area (Å²) >= 11 is 5.59. The molecule has 0 saturated carbocycles. The third-order valence-corrected chi connectivity index (χ3v) is 4.29. The summed E-state index contributed by atoms with van der Waals surface area (Å²) in [5.41, 5.74) is 0.662. The van der Waals surface area contributed by atoms with Crippen LogP contribution in [0.1, 0.15) is 36.0 Å². The minimum Gasteiger partial charge on any atom is -0.497 e. The van der Waals surface area contributed by atoms with Crippen LogP contribution in [0.5, 0.6) is 5.75 Å². The number of methoxy groups -OCH3 is 1. The first kappa shape index (κ1) is 17.6. The van der Waals surface area contributed by atoms with Crippen molar-refractivity contribution in [2.45, 2.75) is 31.7 Å². The Bertz CT molecular complexity index is 525. The maximum Gasteiger partial charge on any atom is 0.253 e. The van der Waals surface area contributed by atoms with Gasteiger partial charge in [0.2, 0.25) is 5.91 Å². The lowest BCUT2D eigenvalue weighted by atomic mass is 10.0. The van der Waals surface area contributed by atoms with Crippen LogP contribution in [-0.4, -0.2) is 48.8 Å². The Balaban J connectivity index is 1.81. The van der Waals surface area contributed by atoms with E-state index in [1.54, 1.807) is 31.4 Å². The number of amides is 2. The number of ether oxygens (including phenoxy) is 1. The van der Waals surface area contributed by atoms with Crippen LogP contribution in [-0.2, 0) is 4.79 Å². The first-order valence-electron chi connectivity index (χ1n) is 7.92. The molecule has 0 unspecified atom stereocenters. The van der Waals surface area contributed by atoms with Crippen LogP contribution >= 0.6 is 11.6 Å². The SMILES string of the molecule is COc1ccc(C(=O)N2CCC(NC(=O)CCCCl)CC2)cc1. The number of hydrogen-bond acceptors (Lipinski definition) is 3. The molecule has 1 saturated heterocycles. The fourth-order valence-corrected chi connectivity index (χ4v) is 2.80. The van der Waals surface area contributed by atoms with Gasteiger partial charge in [-0.15, -0.1) is 11.6 Å². The minimum absolute atomic E-state index is 0.0274. The van der Waals surface area contributed by atoms with E-state index in [1.165, 1.54) is 0 Å². The van der Waals surface area contributed by atoms with Gasteiger partial charge in [0.05, 0.1) is 7.11 Å². The van der Waals surface area contributed by atoms with Gasteiger partial charge < -0.3 is 15.0 Å². The van der Waals surface area contributed by atoms with Crippen LogP contribution in [0.25, 0.3) is 0 Å². The summed E-state index contributed by atoms with van der Waals surface area (Å²) in [6.07, 6.45) is 2.74. The zero-order valence-electron chi connectivity index (χ0n) is 13.4. The van der Waals surface area contributed by atoms with Crippen molar-refractivity contribution >= 4 is 23.4 Å². The lowest BCUT2D eigenvalue weighted by Gasteiger charge is -2.32. The summed E-state index contributed by atoms with van der Waals surface area (Å²) in [4.78, 5) is 26.0. The molecule has 23 heavy (non-hydrogen) atoms. The zero-order chi connectivity index (χ0) is 16.7. The molecule has 1 N–H and O–H groups in total. The molecular formula is C17H23ClN2O3. The van der Waals surface area contributed by atoms with Gasteiger partial charge in [-0.1, -0.05) is 0 Å². The van der Waals surface area contributed by atoms with Crippen molar-refractivity contribution in [3.8, 4) is 5.75 Å². The predicted molar refractivity (Wildman–Crippen MR) is 90.0 cm³/mol. The van der Waals surface area contributed by atoms with Crippen LogP contribution in [0.3, 0.4) is 0 Å². The van der Waals surface area contributed by atoms with Crippen LogP contribution in [0, 0.1) is 0 Å². The Morgan fingerprint density at radius 2 is 1.91 bits per heavy atom. The average Bonchev–Trinajstić information content (AvgIpc) is 2.60.